The van der Waals surface area contributed by atoms with Gasteiger partial charge in [0, 0.05) is 11.6 Å². The van der Waals surface area contributed by atoms with E-state index in [1.807, 2.05) is 0 Å². The minimum atomic E-state index is -0.194. The van der Waals surface area contributed by atoms with Crippen LogP contribution in [0.5, 0.6) is 0 Å². The predicted octanol–water partition coefficient (Wildman–Crippen LogP) is 5.22. The van der Waals surface area contributed by atoms with Crippen LogP contribution in [0.4, 0.5) is 0 Å². The molecule has 2 aromatic rings. The second-order valence-electron chi connectivity index (χ2n) is 9.35. The van der Waals surface area contributed by atoms with Gasteiger partial charge in [-0.25, -0.2) is 0 Å². The number of nitrogens with zero attached hydrogens (tertiary/aromatic N) is 1. The molecule has 0 saturated carbocycles. The largest absolute Gasteiger partial charge is 0.347 e. The number of rotatable bonds is 5. The number of amides is 1. The van der Waals surface area contributed by atoms with Crippen LogP contribution in [-0.2, 0) is 16.8 Å². The van der Waals surface area contributed by atoms with E-state index in [1.165, 1.54) is 33.4 Å². The van der Waals surface area contributed by atoms with Crippen molar-refractivity contribution in [3.05, 3.63) is 69.8 Å². The maximum atomic E-state index is 12.7. The molecule has 0 spiro atoms. The molecule has 1 amide bonds. The molecule has 0 bridgehead atoms. The Morgan fingerprint density at radius 1 is 1.03 bits per heavy atom. The molecule has 156 valence electrons. The third-order valence-corrected chi connectivity index (χ3v) is 6.93. The highest BCUT2D eigenvalue weighted by molar-refractivity contribution is 5.82. The highest BCUT2D eigenvalue weighted by atomic mass is 16.2. The van der Waals surface area contributed by atoms with Crippen LogP contribution in [0.2, 0.25) is 0 Å². The SMILES string of the molecule is CCc1cc(C(C)(C)N(C)C2C(C)C(=O)NC2c2cc(C)cc(C)c2)ccc1C. The zero-order valence-corrected chi connectivity index (χ0v) is 19.3. The molecular weight excluding hydrogens is 356 g/mol. The van der Waals surface area contributed by atoms with Gasteiger partial charge in [-0.3, -0.25) is 9.69 Å². The second-order valence-corrected chi connectivity index (χ2v) is 9.35. The molecule has 3 rings (SSSR count). The van der Waals surface area contributed by atoms with E-state index in [0.717, 1.165) is 6.42 Å². The van der Waals surface area contributed by atoms with Gasteiger partial charge in [-0.2, -0.15) is 0 Å². The van der Waals surface area contributed by atoms with Crippen LogP contribution >= 0.6 is 0 Å². The summed E-state index contributed by atoms with van der Waals surface area (Å²) >= 11 is 0. The van der Waals surface area contributed by atoms with Gasteiger partial charge in [0.05, 0.1) is 12.0 Å². The third-order valence-electron chi connectivity index (χ3n) is 6.93. The normalized spacial score (nSPS) is 22.2. The standard InChI is InChI=1S/C26H36N2O/c1-9-20-15-22(11-10-18(20)4)26(6,7)28(8)24-19(5)25(29)27-23(24)21-13-16(2)12-17(3)14-21/h10-15,19,23-24H,9H2,1-8H3,(H,27,29). The van der Waals surface area contributed by atoms with Crippen LogP contribution in [0.3, 0.4) is 0 Å². The fourth-order valence-electron chi connectivity index (χ4n) is 4.85. The lowest BCUT2D eigenvalue weighted by molar-refractivity contribution is -0.122. The number of likely N-dealkylation sites (N-methyl/N-ethyl adjacent to an activating group) is 1. The number of carbonyl (C=O) groups excluding carboxylic acids is 1. The van der Waals surface area contributed by atoms with E-state index in [9.17, 15) is 4.79 Å². The molecule has 0 radical (unpaired) electrons. The monoisotopic (exact) mass is 392 g/mol. The molecule has 3 unspecified atom stereocenters. The smallest absolute Gasteiger partial charge is 0.225 e. The zero-order chi connectivity index (χ0) is 21.5. The molecule has 1 N–H and O–H groups in total. The van der Waals surface area contributed by atoms with E-state index in [-0.39, 0.29) is 29.4 Å². The molecule has 2 aromatic carbocycles. The van der Waals surface area contributed by atoms with Gasteiger partial charge in [0.25, 0.3) is 0 Å². The summed E-state index contributed by atoms with van der Waals surface area (Å²) in [6.07, 6.45) is 1.03. The Morgan fingerprint density at radius 3 is 2.24 bits per heavy atom. The first kappa shape index (κ1) is 21.6. The molecule has 1 heterocycles. The molecule has 3 nitrogen and oxygen atoms in total. The number of nitrogens with one attached hydrogen (secondary N) is 1. The molecule has 1 fully saturated rings. The van der Waals surface area contributed by atoms with E-state index in [4.69, 9.17) is 0 Å². The lowest BCUT2D eigenvalue weighted by Crippen LogP contribution is -2.49. The Hall–Kier alpha value is -2.13. The predicted molar refractivity (Wildman–Crippen MR) is 121 cm³/mol. The molecule has 0 aliphatic carbocycles. The van der Waals surface area contributed by atoms with E-state index >= 15 is 0 Å². The molecule has 0 aromatic heterocycles. The third kappa shape index (κ3) is 3.98. The summed E-state index contributed by atoms with van der Waals surface area (Å²) in [4.78, 5) is 15.1. The highest BCUT2D eigenvalue weighted by Crippen LogP contribution is 2.39. The Labute approximate surface area is 176 Å². The van der Waals surface area contributed by atoms with Crippen molar-refractivity contribution in [2.75, 3.05) is 7.05 Å². The van der Waals surface area contributed by atoms with Crippen molar-refractivity contribution in [3.8, 4) is 0 Å². The van der Waals surface area contributed by atoms with Crippen molar-refractivity contribution in [3.63, 3.8) is 0 Å². The van der Waals surface area contributed by atoms with Gasteiger partial charge < -0.3 is 5.32 Å². The summed E-state index contributed by atoms with van der Waals surface area (Å²) in [5.41, 5.74) is 7.51. The molecule has 29 heavy (non-hydrogen) atoms. The molecule has 3 heteroatoms. The first-order valence-electron chi connectivity index (χ1n) is 10.8. The van der Waals surface area contributed by atoms with E-state index in [0.29, 0.717) is 0 Å². The second kappa shape index (κ2) is 7.95. The number of hydrogen-bond acceptors (Lipinski definition) is 2. The first-order chi connectivity index (χ1) is 13.6. The van der Waals surface area contributed by atoms with Gasteiger partial charge in [0.2, 0.25) is 5.91 Å². The number of benzene rings is 2. The van der Waals surface area contributed by atoms with E-state index in [2.05, 4.69) is 102 Å². The first-order valence-corrected chi connectivity index (χ1v) is 10.8. The lowest BCUT2D eigenvalue weighted by atomic mass is 9.84. The molecular formula is C26H36N2O. The fraction of sp³-hybridized carbons (Fsp3) is 0.500. The average Bonchev–Trinajstić information content (AvgIpc) is 2.95. The number of carbonyl (C=O) groups is 1. The van der Waals surface area contributed by atoms with Crippen molar-refractivity contribution < 1.29 is 4.79 Å². The van der Waals surface area contributed by atoms with Gasteiger partial charge in [-0.15, -0.1) is 0 Å². The van der Waals surface area contributed by atoms with Gasteiger partial charge in [0.1, 0.15) is 0 Å². The summed E-state index contributed by atoms with van der Waals surface area (Å²) in [5, 5.41) is 3.28. The molecule has 3 atom stereocenters. The van der Waals surface area contributed by atoms with Gasteiger partial charge in [-0.1, -0.05) is 61.4 Å². The minimum Gasteiger partial charge on any atom is -0.347 e. The van der Waals surface area contributed by atoms with Crippen molar-refractivity contribution in [1.82, 2.24) is 10.2 Å². The summed E-state index contributed by atoms with van der Waals surface area (Å²) in [5.74, 6) is 0.0705. The van der Waals surface area contributed by atoms with Crippen molar-refractivity contribution in [2.24, 2.45) is 5.92 Å². The van der Waals surface area contributed by atoms with Crippen LogP contribution in [0.15, 0.2) is 36.4 Å². The Kier molecular flexibility index (Phi) is 5.91. The molecule has 1 aliphatic heterocycles. The van der Waals surface area contributed by atoms with Gasteiger partial charge >= 0.3 is 0 Å². The van der Waals surface area contributed by atoms with Crippen LogP contribution < -0.4 is 5.32 Å². The Balaban J connectivity index is 2.01. The summed E-state index contributed by atoms with van der Waals surface area (Å²) in [6.45, 7) is 15.2. The minimum absolute atomic E-state index is 0.00327. The molecule has 1 saturated heterocycles. The fourth-order valence-corrected chi connectivity index (χ4v) is 4.85. The molecule has 1 aliphatic rings. The van der Waals surface area contributed by atoms with Crippen molar-refractivity contribution >= 4 is 5.91 Å². The van der Waals surface area contributed by atoms with E-state index in [1.54, 1.807) is 0 Å². The summed E-state index contributed by atoms with van der Waals surface area (Å²) in [6, 6.07) is 13.5. The van der Waals surface area contributed by atoms with Crippen LogP contribution in [0.25, 0.3) is 0 Å². The quantitative estimate of drug-likeness (QED) is 0.757. The van der Waals surface area contributed by atoms with E-state index < -0.39 is 0 Å². The average molecular weight is 393 g/mol. The number of aryl methyl sites for hydroxylation is 4. The topological polar surface area (TPSA) is 32.3 Å². The highest BCUT2D eigenvalue weighted by Gasteiger charge is 2.46. The maximum Gasteiger partial charge on any atom is 0.225 e. The zero-order valence-electron chi connectivity index (χ0n) is 19.3. The lowest BCUT2D eigenvalue weighted by Gasteiger charge is -2.43. The number of hydrogen-bond donors (Lipinski definition) is 1. The summed E-state index contributed by atoms with van der Waals surface area (Å²) in [7, 11) is 2.17. The van der Waals surface area contributed by atoms with Crippen LogP contribution in [0.1, 0.15) is 67.1 Å². The van der Waals surface area contributed by atoms with Crippen molar-refractivity contribution in [2.45, 2.75) is 72.5 Å². The van der Waals surface area contributed by atoms with Crippen LogP contribution in [0, 0.1) is 26.7 Å². The Morgan fingerprint density at radius 2 is 1.66 bits per heavy atom. The summed E-state index contributed by atoms with van der Waals surface area (Å²) < 4.78 is 0. The van der Waals surface area contributed by atoms with Crippen molar-refractivity contribution in [1.29, 1.82) is 0 Å². The maximum absolute atomic E-state index is 12.7. The van der Waals surface area contributed by atoms with Crippen LogP contribution in [-0.4, -0.2) is 23.9 Å². The van der Waals surface area contributed by atoms with Gasteiger partial charge in [-0.05, 0) is 70.3 Å². The Bertz CT molecular complexity index is 895. The van der Waals surface area contributed by atoms with Gasteiger partial charge in [0.15, 0.2) is 0 Å².